The van der Waals surface area contributed by atoms with Gasteiger partial charge in [-0.1, -0.05) is 13.8 Å². The normalized spacial score (nSPS) is 24.1. The summed E-state index contributed by atoms with van der Waals surface area (Å²) in [5.41, 5.74) is 8.37. The SMILES string of the molecule is CC(C)N.CC1C(=O)C=NN=C1c1ccc([N+]2(C)C=CC(C=O)=C2)cc1. The number of Topliss-reactive ketones (excluding diaryl/α,β-unsaturated/α-hetero) is 1. The minimum Gasteiger partial charge on any atom is -0.328 e. The minimum atomic E-state index is -0.277. The average Bonchev–Trinajstić information content (AvgIpc) is 3.00. The number of nitrogens with two attached hydrogens (primary N) is 1. The topological polar surface area (TPSA) is 84.9 Å². The molecule has 2 N–H and O–H groups in total. The number of allylic oxidation sites excluding steroid dienone is 2. The van der Waals surface area contributed by atoms with Crippen LogP contribution in [0.15, 0.2) is 58.5 Å². The Balaban J connectivity index is 0.000000552. The minimum absolute atomic E-state index is 0.0332. The Kier molecular flexibility index (Phi) is 6.13. The highest BCUT2D eigenvalue weighted by molar-refractivity contribution is 6.36. The highest BCUT2D eigenvalue weighted by atomic mass is 16.1. The van der Waals surface area contributed by atoms with Gasteiger partial charge in [0.05, 0.1) is 30.5 Å². The van der Waals surface area contributed by atoms with Crippen LogP contribution in [-0.2, 0) is 9.59 Å². The van der Waals surface area contributed by atoms with Gasteiger partial charge in [-0.3, -0.25) is 9.59 Å². The van der Waals surface area contributed by atoms with Crippen molar-refractivity contribution in [1.82, 2.24) is 4.48 Å². The van der Waals surface area contributed by atoms with Crippen molar-refractivity contribution in [1.29, 1.82) is 0 Å². The summed E-state index contributed by atoms with van der Waals surface area (Å²) in [6.45, 7) is 5.72. The van der Waals surface area contributed by atoms with Crippen molar-refractivity contribution >= 4 is 29.7 Å². The first-order chi connectivity index (χ1) is 12.3. The Morgan fingerprint density at radius 2 is 1.85 bits per heavy atom. The predicted octanol–water partition coefficient (Wildman–Crippen LogP) is 2.58. The molecule has 26 heavy (non-hydrogen) atoms. The Morgan fingerprint density at radius 1 is 1.23 bits per heavy atom. The van der Waals surface area contributed by atoms with Gasteiger partial charge < -0.3 is 5.73 Å². The fourth-order valence-electron chi connectivity index (χ4n) is 2.61. The number of hydrogen-bond acceptors (Lipinski definition) is 5. The second kappa shape index (κ2) is 8.12. The predicted molar refractivity (Wildman–Crippen MR) is 106 cm³/mol. The van der Waals surface area contributed by atoms with Crippen LogP contribution >= 0.6 is 0 Å². The molecule has 1 aromatic rings. The fourth-order valence-corrected chi connectivity index (χ4v) is 2.61. The summed E-state index contributed by atoms with van der Waals surface area (Å²) in [4.78, 5) is 22.6. The summed E-state index contributed by atoms with van der Waals surface area (Å²) >= 11 is 0. The maximum atomic E-state index is 11.7. The number of carbonyl (C=O) groups excluding carboxylic acids is 2. The molecule has 2 atom stereocenters. The quantitative estimate of drug-likeness (QED) is 0.669. The van der Waals surface area contributed by atoms with Crippen LogP contribution < -0.4 is 10.2 Å². The second-order valence-corrected chi connectivity index (χ2v) is 6.85. The molecule has 3 rings (SSSR count). The number of rotatable bonds is 3. The molecule has 6 heteroatoms. The number of quaternary nitrogens is 1. The number of hydrogen-bond donors (Lipinski definition) is 1. The Bertz CT molecular complexity index is 801. The molecule has 0 radical (unpaired) electrons. The maximum absolute atomic E-state index is 11.7. The van der Waals surface area contributed by atoms with Crippen LogP contribution in [-0.4, -0.2) is 37.1 Å². The van der Waals surface area contributed by atoms with Gasteiger partial charge in [-0.2, -0.15) is 10.2 Å². The molecule has 1 aromatic carbocycles. The zero-order valence-corrected chi connectivity index (χ0v) is 15.6. The van der Waals surface area contributed by atoms with Crippen LogP contribution in [0.25, 0.3) is 0 Å². The number of nitrogens with zero attached hydrogens (tertiary/aromatic N) is 3. The second-order valence-electron chi connectivity index (χ2n) is 6.85. The van der Waals surface area contributed by atoms with E-state index in [1.807, 2.05) is 70.6 Å². The molecule has 0 spiro atoms. The van der Waals surface area contributed by atoms with E-state index in [4.69, 9.17) is 5.73 Å². The van der Waals surface area contributed by atoms with Gasteiger partial charge in [0.25, 0.3) is 0 Å². The molecule has 136 valence electrons. The number of benzene rings is 1. The van der Waals surface area contributed by atoms with E-state index in [1.54, 1.807) is 0 Å². The largest absolute Gasteiger partial charge is 0.328 e. The molecular formula is C20H25N4O2+. The van der Waals surface area contributed by atoms with E-state index in [1.165, 1.54) is 6.21 Å². The summed E-state index contributed by atoms with van der Waals surface area (Å²) < 4.78 is 0.438. The summed E-state index contributed by atoms with van der Waals surface area (Å²) in [6, 6.07) is 8.15. The third-order valence-corrected chi connectivity index (χ3v) is 4.04. The van der Waals surface area contributed by atoms with Gasteiger partial charge in [0.2, 0.25) is 0 Å². The lowest BCUT2D eigenvalue weighted by Gasteiger charge is -2.23. The summed E-state index contributed by atoms with van der Waals surface area (Å²) in [5, 5.41) is 7.84. The molecule has 0 saturated heterocycles. The zero-order chi connectivity index (χ0) is 19.3. The summed E-state index contributed by atoms with van der Waals surface area (Å²) in [6.07, 6.45) is 7.75. The van der Waals surface area contributed by atoms with Crippen molar-refractivity contribution < 1.29 is 9.59 Å². The van der Waals surface area contributed by atoms with Crippen LogP contribution in [0, 0.1) is 5.92 Å². The number of ketones is 1. The van der Waals surface area contributed by atoms with Gasteiger partial charge in [0.15, 0.2) is 12.1 Å². The lowest BCUT2D eigenvalue weighted by Crippen LogP contribution is -2.30. The molecule has 0 fully saturated rings. The van der Waals surface area contributed by atoms with Gasteiger partial charge in [-0.15, -0.1) is 0 Å². The lowest BCUT2D eigenvalue weighted by molar-refractivity contribution is -0.114. The molecule has 2 heterocycles. The molecule has 6 nitrogen and oxygen atoms in total. The fraction of sp³-hybridized carbons (Fsp3) is 0.300. The van der Waals surface area contributed by atoms with E-state index < -0.39 is 0 Å². The third-order valence-electron chi connectivity index (χ3n) is 4.04. The van der Waals surface area contributed by atoms with Crippen LogP contribution in [0.3, 0.4) is 0 Å². The van der Waals surface area contributed by atoms with E-state index in [9.17, 15) is 9.59 Å². The van der Waals surface area contributed by atoms with Crippen molar-refractivity contribution in [3.63, 3.8) is 0 Å². The van der Waals surface area contributed by atoms with E-state index in [-0.39, 0.29) is 11.7 Å². The van der Waals surface area contributed by atoms with Gasteiger partial charge >= 0.3 is 0 Å². The maximum Gasteiger partial charge on any atom is 0.184 e. The van der Waals surface area contributed by atoms with Crippen molar-refractivity contribution in [2.24, 2.45) is 21.9 Å². The first-order valence-corrected chi connectivity index (χ1v) is 8.51. The van der Waals surface area contributed by atoms with Crippen LogP contribution in [0.4, 0.5) is 5.69 Å². The van der Waals surface area contributed by atoms with Gasteiger partial charge in [0.1, 0.15) is 18.1 Å². The van der Waals surface area contributed by atoms with Gasteiger partial charge in [-0.05, 0) is 30.7 Å². The summed E-state index contributed by atoms with van der Waals surface area (Å²) in [7, 11) is 2.00. The van der Waals surface area contributed by atoms with Gasteiger partial charge in [-0.25, -0.2) is 4.48 Å². The Morgan fingerprint density at radius 3 is 2.38 bits per heavy atom. The van der Waals surface area contributed by atoms with Crippen molar-refractivity contribution in [2.75, 3.05) is 7.05 Å². The zero-order valence-electron chi connectivity index (χ0n) is 15.6. The highest BCUT2D eigenvalue weighted by Crippen LogP contribution is 2.28. The van der Waals surface area contributed by atoms with E-state index in [2.05, 4.69) is 10.2 Å². The summed E-state index contributed by atoms with van der Waals surface area (Å²) in [5.74, 6) is -0.310. The van der Waals surface area contributed by atoms with E-state index in [0.717, 1.165) is 17.5 Å². The third kappa shape index (κ3) is 4.47. The molecule has 0 amide bonds. The van der Waals surface area contributed by atoms with Crippen LogP contribution in [0.2, 0.25) is 0 Å². The van der Waals surface area contributed by atoms with Crippen LogP contribution in [0.1, 0.15) is 26.3 Å². The molecular weight excluding hydrogens is 328 g/mol. The Hall–Kier alpha value is -2.70. The Labute approximate surface area is 154 Å². The molecule has 0 saturated carbocycles. The standard InChI is InChI=1S/C17H16N3O2.C3H9N/c1-12-16(22)9-18-19-17(12)14-3-5-15(6-4-14)20(2)8-7-13(10-20)11-21;1-3(2)4/h3-12H,1-2H3;3H,4H2,1-2H3/q+1;. The molecule has 2 aliphatic rings. The van der Waals surface area contributed by atoms with E-state index in [0.29, 0.717) is 21.8 Å². The highest BCUT2D eigenvalue weighted by Gasteiger charge is 2.27. The molecule has 0 bridgehead atoms. The lowest BCUT2D eigenvalue weighted by atomic mass is 9.94. The monoisotopic (exact) mass is 353 g/mol. The smallest absolute Gasteiger partial charge is 0.184 e. The van der Waals surface area contributed by atoms with Crippen molar-refractivity contribution in [3.8, 4) is 0 Å². The van der Waals surface area contributed by atoms with Crippen LogP contribution in [0.5, 0.6) is 0 Å². The van der Waals surface area contributed by atoms with Crippen molar-refractivity contribution in [3.05, 3.63) is 53.9 Å². The molecule has 0 aromatic heterocycles. The molecule has 2 aliphatic heterocycles. The first kappa shape index (κ1) is 19.6. The molecule has 0 aliphatic carbocycles. The first-order valence-electron chi connectivity index (χ1n) is 8.51. The number of aldehydes is 1. The molecule has 2 unspecified atom stereocenters. The van der Waals surface area contributed by atoms with Crippen molar-refractivity contribution in [2.45, 2.75) is 26.8 Å². The number of carbonyl (C=O) groups is 2. The van der Waals surface area contributed by atoms with Gasteiger partial charge in [0, 0.05) is 18.2 Å². The van der Waals surface area contributed by atoms with E-state index >= 15 is 0 Å². The average molecular weight is 353 g/mol.